The molecule has 4 aromatic rings. The normalized spacial score (nSPS) is 19.0. The van der Waals surface area contributed by atoms with Crippen molar-refractivity contribution in [3.05, 3.63) is 164 Å². The topological polar surface area (TPSA) is 24.7 Å². The van der Waals surface area contributed by atoms with Crippen LogP contribution in [0.1, 0.15) is 46.2 Å². The summed E-state index contributed by atoms with van der Waals surface area (Å²) in [6.45, 7) is 0. The maximum Gasteiger partial charge on any atom is 0.0675 e. The molecule has 2 nitrogen and oxygen atoms in total. The lowest BCUT2D eigenvalue weighted by atomic mass is 9.95. The van der Waals surface area contributed by atoms with Crippen molar-refractivity contribution in [3.8, 4) is 0 Å². The molecule has 0 radical (unpaired) electrons. The molecule has 208 valence electrons. The minimum Gasteiger partial charge on any atom is -0.252 e. The predicted molar refractivity (Wildman–Crippen MR) is 183 cm³/mol. The zero-order valence-corrected chi connectivity index (χ0v) is 24.5. The molecular weight excluding hydrogens is 532 g/mol. The SMILES string of the molecule is C1=C(C2=Cc3ccccc3C2)CC(C2=Nc3cc4cc5c(cc4cc3C2)N=C(C2=CC=C(C3=Cc4ccccc4C3)C2)C5)=C1. The van der Waals surface area contributed by atoms with Gasteiger partial charge in [-0.25, -0.2) is 0 Å². The van der Waals surface area contributed by atoms with E-state index in [1.807, 2.05) is 0 Å². The van der Waals surface area contributed by atoms with E-state index in [2.05, 4.69) is 109 Å². The molecule has 4 aromatic carbocycles. The van der Waals surface area contributed by atoms with Crippen LogP contribution in [-0.4, -0.2) is 11.4 Å². The lowest BCUT2D eigenvalue weighted by Crippen LogP contribution is -2.02. The van der Waals surface area contributed by atoms with E-state index in [4.69, 9.17) is 9.98 Å². The number of benzene rings is 4. The molecule has 6 aliphatic rings. The highest BCUT2D eigenvalue weighted by Crippen LogP contribution is 2.42. The molecule has 0 fully saturated rings. The number of hydrogen-bond donors (Lipinski definition) is 0. The first-order valence-electron chi connectivity index (χ1n) is 15.8. The maximum absolute atomic E-state index is 5.16. The van der Waals surface area contributed by atoms with Gasteiger partial charge in [0.25, 0.3) is 0 Å². The minimum absolute atomic E-state index is 0.907. The summed E-state index contributed by atoms with van der Waals surface area (Å²) in [6.07, 6.45) is 19.8. The van der Waals surface area contributed by atoms with Gasteiger partial charge >= 0.3 is 0 Å². The fourth-order valence-electron chi connectivity index (χ4n) is 7.87. The Bertz CT molecular complexity index is 2100. The average Bonchev–Trinajstić information content (AvgIpc) is 3.88. The molecule has 2 aliphatic heterocycles. The van der Waals surface area contributed by atoms with Crippen LogP contribution in [-0.2, 0) is 25.7 Å². The van der Waals surface area contributed by atoms with Gasteiger partial charge in [-0.05, 0) is 128 Å². The number of hydrogen-bond acceptors (Lipinski definition) is 2. The Morgan fingerprint density at radius 3 is 1.32 bits per heavy atom. The van der Waals surface area contributed by atoms with Crippen LogP contribution in [0.15, 0.2) is 141 Å². The summed E-state index contributed by atoms with van der Waals surface area (Å²) < 4.78 is 0. The van der Waals surface area contributed by atoms with Crippen LogP contribution in [0.4, 0.5) is 11.4 Å². The summed E-state index contributed by atoms with van der Waals surface area (Å²) in [5.41, 5.74) is 21.5. The highest BCUT2D eigenvalue weighted by atomic mass is 14.8. The zero-order chi connectivity index (χ0) is 28.8. The highest BCUT2D eigenvalue weighted by Gasteiger charge is 2.26. The van der Waals surface area contributed by atoms with E-state index in [0.717, 1.165) is 49.9 Å². The van der Waals surface area contributed by atoms with E-state index < -0.39 is 0 Å². The number of rotatable bonds is 4. The molecule has 0 saturated heterocycles. The number of aliphatic imine (C=N–C) groups is 2. The molecule has 0 unspecified atom stereocenters. The summed E-state index contributed by atoms with van der Waals surface area (Å²) in [7, 11) is 0. The van der Waals surface area contributed by atoms with E-state index >= 15 is 0 Å². The van der Waals surface area contributed by atoms with Crippen LogP contribution in [0, 0.1) is 0 Å². The van der Waals surface area contributed by atoms with E-state index in [9.17, 15) is 0 Å². The Hall–Kier alpha value is -5.08. The number of nitrogens with zero attached hydrogens (tertiary/aromatic N) is 2. The summed E-state index contributed by atoms with van der Waals surface area (Å²) in [6, 6.07) is 26.8. The number of allylic oxidation sites excluding steroid dienone is 10. The van der Waals surface area contributed by atoms with Crippen LogP contribution in [0.5, 0.6) is 0 Å². The second-order valence-corrected chi connectivity index (χ2v) is 13.0. The molecular formula is C42H30N2. The Morgan fingerprint density at radius 2 is 0.841 bits per heavy atom. The lowest BCUT2D eigenvalue weighted by molar-refractivity contribution is 1.13. The van der Waals surface area contributed by atoms with Gasteiger partial charge in [-0.3, -0.25) is 9.98 Å². The second-order valence-electron chi connectivity index (χ2n) is 13.0. The maximum atomic E-state index is 5.16. The van der Waals surface area contributed by atoms with Crippen molar-refractivity contribution < 1.29 is 0 Å². The van der Waals surface area contributed by atoms with E-state index in [1.54, 1.807) is 0 Å². The van der Waals surface area contributed by atoms with Gasteiger partial charge in [-0.15, -0.1) is 0 Å². The summed E-state index contributed by atoms with van der Waals surface area (Å²) in [5.74, 6) is 0. The average molecular weight is 563 g/mol. The Morgan fingerprint density at radius 1 is 0.386 bits per heavy atom. The van der Waals surface area contributed by atoms with Crippen molar-refractivity contribution in [2.75, 3.05) is 0 Å². The van der Waals surface area contributed by atoms with Gasteiger partial charge in [0.2, 0.25) is 0 Å². The molecule has 44 heavy (non-hydrogen) atoms. The van der Waals surface area contributed by atoms with Gasteiger partial charge in [0.1, 0.15) is 0 Å². The lowest BCUT2D eigenvalue weighted by Gasteiger charge is -2.07. The molecule has 0 N–H and O–H groups in total. The molecule has 0 spiro atoms. The molecule has 0 atom stereocenters. The monoisotopic (exact) mass is 562 g/mol. The molecule has 0 aromatic heterocycles. The smallest absolute Gasteiger partial charge is 0.0675 e. The van der Waals surface area contributed by atoms with E-state index in [0.29, 0.717) is 0 Å². The first-order chi connectivity index (χ1) is 21.7. The van der Waals surface area contributed by atoms with Crippen molar-refractivity contribution in [3.63, 3.8) is 0 Å². The molecule has 2 heteroatoms. The Kier molecular flexibility index (Phi) is 5.10. The second kappa shape index (κ2) is 9.21. The summed E-state index contributed by atoms with van der Waals surface area (Å²) >= 11 is 0. The molecule has 0 amide bonds. The summed E-state index contributed by atoms with van der Waals surface area (Å²) in [4.78, 5) is 10.3. The van der Waals surface area contributed by atoms with Crippen molar-refractivity contribution in [1.82, 2.24) is 0 Å². The van der Waals surface area contributed by atoms with Crippen molar-refractivity contribution in [2.45, 2.75) is 38.5 Å². The van der Waals surface area contributed by atoms with Gasteiger partial charge in [0.05, 0.1) is 11.4 Å². The quantitative estimate of drug-likeness (QED) is 0.236. The predicted octanol–water partition coefficient (Wildman–Crippen LogP) is 9.89. The molecule has 2 heterocycles. The van der Waals surface area contributed by atoms with Crippen LogP contribution in [0.2, 0.25) is 0 Å². The zero-order valence-electron chi connectivity index (χ0n) is 24.5. The van der Waals surface area contributed by atoms with Gasteiger partial charge in [-0.2, -0.15) is 0 Å². The van der Waals surface area contributed by atoms with Crippen LogP contribution >= 0.6 is 0 Å². The van der Waals surface area contributed by atoms with Crippen molar-refractivity contribution in [1.29, 1.82) is 0 Å². The third-order valence-electron chi connectivity index (χ3n) is 10.3. The van der Waals surface area contributed by atoms with Gasteiger partial charge in [0, 0.05) is 24.3 Å². The fourth-order valence-corrected chi connectivity index (χ4v) is 7.87. The Balaban J connectivity index is 0.841. The van der Waals surface area contributed by atoms with Crippen LogP contribution in [0.3, 0.4) is 0 Å². The minimum atomic E-state index is 0.907. The third kappa shape index (κ3) is 3.87. The Labute approximate surface area is 257 Å². The van der Waals surface area contributed by atoms with E-state index in [-0.39, 0.29) is 0 Å². The first-order valence-corrected chi connectivity index (χ1v) is 15.8. The van der Waals surface area contributed by atoms with Gasteiger partial charge < -0.3 is 0 Å². The third-order valence-corrected chi connectivity index (χ3v) is 10.3. The van der Waals surface area contributed by atoms with Crippen molar-refractivity contribution >= 4 is 45.7 Å². The molecule has 10 rings (SSSR count). The molecule has 0 bridgehead atoms. The van der Waals surface area contributed by atoms with Gasteiger partial charge in [0.15, 0.2) is 0 Å². The van der Waals surface area contributed by atoms with Crippen molar-refractivity contribution in [2.24, 2.45) is 9.98 Å². The first kappa shape index (κ1) is 24.4. The van der Waals surface area contributed by atoms with Gasteiger partial charge in [-0.1, -0.05) is 85.0 Å². The molecule has 0 saturated carbocycles. The standard InChI is InChI=1S/C42H30N2/c1-2-6-26-16-33(15-25(26)5-1)29-9-11-31(13-29)39-23-37-19-35-22-42-38(20-36(35)21-41(37)43-39)24-40(44-42)32-12-10-30(14-32)34-17-27-7-3-4-8-28(27)18-34/h1-12,15,17,19-22H,13-14,16,18,23-24H2. The fraction of sp³-hybridized carbons (Fsp3) is 0.143. The highest BCUT2D eigenvalue weighted by molar-refractivity contribution is 6.11. The van der Waals surface area contributed by atoms with Crippen LogP contribution in [0.25, 0.3) is 22.9 Å². The number of fused-ring (bicyclic) bond motifs is 5. The van der Waals surface area contributed by atoms with E-state index in [1.165, 1.54) is 89.0 Å². The van der Waals surface area contributed by atoms with Crippen LogP contribution < -0.4 is 0 Å². The summed E-state index contributed by atoms with van der Waals surface area (Å²) in [5, 5.41) is 2.54. The molecule has 4 aliphatic carbocycles. The largest absolute Gasteiger partial charge is 0.252 e.